The van der Waals surface area contributed by atoms with Crippen LogP contribution in [0.15, 0.2) is 40.8 Å². The highest BCUT2D eigenvalue weighted by Gasteiger charge is 2.40. The first-order valence-corrected chi connectivity index (χ1v) is 6.84. The molecule has 0 fully saturated rings. The van der Waals surface area contributed by atoms with Gasteiger partial charge in [-0.3, -0.25) is 4.79 Å². The Morgan fingerprint density at radius 1 is 1.37 bits per heavy atom. The summed E-state index contributed by atoms with van der Waals surface area (Å²) in [5.74, 6) is -1.81. The average molecular weight is 281 g/mol. The van der Waals surface area contributed by atoms with E-state index in [0.717, 1.165) is 6.08 Å². The molecule has 0 radical (unpaired) electrons. The van der Waals surface area contributed by atoms with E-state index in [4.69, 9.17) is 5.11 Å². The molecule has 0 unspecified atom stereocenters. The number of aliphatic carboxylic acids is 1. The Morgan fingerprint density at radius 3 is 2.58 bits per heavy atom. The summed E-state index contributed by atoms with van der Waals surface area (Å²) in [4.78, 5) is 22.5. The van der Waals surface area contributed by atoms with Crippen molar-refractivity contribution in [2.75, 3.05) is 6.54 Å². The normalized spacial score (nSPS) is 17.4. The number of hydrogen-bond acceptors (Lipinski definition) is 4. The van der Waals surface area contributed by atoms with Gasteiger partial charge in [-0.25, -0.2) is 17.5 Å². The lowest BCUT2D eigenvalue weighted by Crippen LogP contribution is -2.31. The van der Waals surface area contributed by atoms with E-state index in [0.29, 0.717) is 4.31 Å². The van der Waals surface area contributed by atoms with E-state index in [2.05, 4.69) is 0 Å². The Hall–Kier alpha value is -2.15. The van der Waals surface area contributed by atoms with E-state index in [1.165, 1.54) is 25.1 Å². The second kappa shape index (κ2) is 4.51. The molecule has 1 heterocycles. The van der Waals surface area contributed by atoms with Crippen molar-refractivity contribution in [1.29, 1.82) is 0 Å². The predicted octanol–water partition coefficient (Wildman–Crippen LogP) is 0.862. The molecule has 1 amide bonds. The molecule has 0 aliphatic carbocycles. The third kappa shape index (κ3) is 2.24. The van der Waals surface area contributed by atoms with Crippen LogP contribution in [0.3, 0.4) is 0 Å². The van der Waals surface area contributed by atoms with Crippen LogP contribution in [0.5, 0.6) is 0 Å². The van der Waals surface area contributed by atoms with Crippen LogP contribution < -0.4 is 0 Å². The molecule has 100 valence electrons. The van der Waals surface area contributed by atoms with Crippen LogP contribution in [0.2, 0.25) is 0 Å². The first-order chi connectivity index (χ1) is 8.84. The third-order valence-corrected chi connectivity index (χ3v) is 4.46. The van der Waals surface area contributed by atoms with Crippen molar-refractivity contribution in [3.8, 4) is 0 Å². The fraction of sp³-hybridized carbons (Fsp3) is 0.167. The van der Waals surface area contributed by atoms with Gasteiger partial charge in [-0.15, -0.1) is 0 Å². The lowest BCUT2D eigenvalue weighted by atomic mass is 10.2. The lowest BCUT2D eigenvalue weighted by Gasteiger charge is -2.14. The Balaban J connectivity index is 2.41. The molecular weight excluding hydrogens is 270 g/mol. The standard InChI is InChI=1S/C12H11NO5S/c1-8(6-11(14)15)7-13-12(16)9-4-2-3-5-10(9)19(13,17)18/h2-6H,7H2,1H3,(H,14,15). The molecule has 1 N–H and O–H groups in total. The number of carbonyl (C=O) groups is 2. The molecule has 2 rings (SSSR count). The zero-order valence-electron chi connectivity index (χ0n) is 10.0. The maximum Gasteiger partial charge on any atom is 0.328 e. The molecule has 0 spiro atoms. The largest absolute Gasteiger partial charge is 0.478 e. The van der Waals surface area contributed by atoms with E-state index < -0.39 is 21.9 Å². The highest BCUT2D eigenvalue weighted by Crippen LogP contribution is 2.30. The van der Waals surface area contributed by atoms with Crippen LogP contribution in [0.25, 0.3) is 0 Å². The van der Waals surface area contributed by atoms with Crippen LogP contribution >= 0.6 is 0 Å². The summed E-state index contributed by atoms with van der Waals surface area (Å²) < 4.78 is 25.0. The summed E-state index contributed by atoms with van der Waals surface area (Å²) in [6.45, 7) is 1.20. The van der Waals surface area contributed by atoms with Crippen LogP contribution in [0.4, 0.5) is 0 Å². The summed E-state index contributed by atoms with van der Waals surface area (Å²) in [6, 6.07) is 5.91. The number of fused-ring (bicyclic) bond motifs is 1. The average Bonchev–Trinajstić information content (AvgIpc) is 2.51. The molecule has 0 bridgehead atoms. The van der Waals surface area contributed by atoms with Crippen molar-refractivity contribution < 1.29 is 23.1 Å². The Kier molecular flexibility index (Phi) is 3.15. The van der Waals surface area contributed by atoms with Crippen molar-refractivity contribution in [2.24, 2.45) is 0 Å². The molecule has 0 atom stereocenters. The molecule has 0 aromatic heterocycles. The van der Waals surface area contributed by atoms with E-state index in [-0.39, 0.29) is 22.6 Å². The van der Waals surface area contributed by atoms with Crippen LogP contribution in [0.1, 0.15) is 17.3 Å². The summed E-state index contributed by atoms with van der Waals surface area (Å²) in [5, 5.41) is 8.60. The first-order valence-electron chi connectivity index (χ1n) is 5.40. The van der Waals surface area contributed by atoms with Gasteiger partial charge in [0.1, 0.15) is 4.90 Å². The number of nitrogens with zero attached hydrogens (tertiary/aromatic N) is 1. The monoisotopic (exact) mass is 281 g/mol. The quantitative estimate of drug-likeness (QED) is 0.830. The highest BCUT2D eigenvalue weighted by atomic mass is 32.2. The van der Waals surface area contributed by atoms with Gasteiger partial charge in [-0.1, -0.05) is 12.1 Å². The second-order valence-electron chi connectivity index (χ2n) is 4.14. The number of carboxylic acid groups (broad SMARTS) is 1. The smallest absolute Gasteiger partial charge is 0.328 e. The van der Waals surface area contributed by atoms with Crippen molar-refractivity contribution >= 4 is 21.9 Å². The molecule has 1 aromatic carbocycles. The lowest BCUT2D eigenvalue weighted by molar-refractivity contribution is -0.131. The highest BCUT2D eigenvalue weighted by molar-refractivity contribution is 7.90. The van der Waals surface area contributed by atoms with Crippen molar-refractivity contribution in [3.63, 3.8) is 0 Å². The Bertz CT molecular complexity index is 690. The van der Waals surface area contributed by atoms with E-state index in [1.54, 1.807) is 6.07 Å². The van der Waals surface area contributed by atoms with Gasteiger partial charge >= 0.3 is 5.97 Å². The molecule has 7 heteroatoms. The molecule has 19 heavy (non-hydrogen) atoms. The van der Waals surface area contributed by atoms with Gasteiger partial charge in [-0.05, 0) is 24.6 Å². The number of carbonyl (C=O) groups excluding carboxylic acids is 1. The van der Waals surface area contributed by atoms with Gasteiger partial charge < -0.3 is 5.11 Å². The number of amides is 1. The van der Waals surface area contributed by atoms with E-state index in [1.807, 2.05) is 0 Å². The molecule has 1 aliphatic heterocycles. The van der Waals surface area contributed by atoms with Gasteiger partial charge in [0.15, 0.2) is 0 Å². The zero-order valence-corrected chi connectivity index (χ0v) is 10.8. The minimum atomic E-state index is -3.88. The summed E-state index contributed by atoms with van der Waals surface area (Å²) in [6.07, 6.45) is 0.881. The van der Waals surface area contributed by atoms with Crippen LogP contribution in [-0.2, 0) is 14.8 Å². The number of benzene rings is 1. The molecule has 6 nitrogen and oxygen atoms in total. The minimum absolute atomic E-state index is 0.0388. The number of hydrogen-bond donors (Lipinski definition) is 1. The first kappa shape index (κ1) is 13.3. The van der Waals surface area contributed by atoms with Gasteiger partial charge in [0.2, 0.25) is 0 Å². The third-order valence-electron chi connectivity index (χ3n) is 2.67. The van der Waals surface area contributed by atoms with E-state index in [9.17, 15) is 18.0 Å². The molecule has 0 saturated heterocycles. The molecular formula is C12H11NO5S. The minimum Gasteiger partial charge on any atom is -0.478 e. The fourth-order valence-corrected chi connectivity index (χ4v) is 3.48. The molecule has 1 aromatic rings. The predicted molar refractivity (Wildman–Crippen MR) is 66.1 cm³/mol. The van der Waals surface area contributed by atoms with Gasteiger partial charge in [-0.2, -0.15) is 0 Å². The summed E-state index contributed by atoms with van der Waals surface area (Å²) in [5.41, 5.74) is 0.392. The van der Waals surface area contributed by atoms with Gasteiger partial charge in [0.05, 0.1) is 12.1 Å². The Labute approximate surface area is 110 Å². The maximum absolute atomic E-state index is 12.1. The number of rotatable bonds is 3. The number of carboxylic acids is 1. The van der Waals surface area contributed by atoms with Crippen molar-refractivity contribution in [2.45, 2.75) is 11.8 Å². The molecule has 0 saturated carbocycles. The SMILES string of the molecule is CC(=CC(=O)O)CN1C(=O)c2ccccc2S1(=O)=O. The van der Waals surface area contributed by atoms with Crippen LogP contribution in [-0.4, -0.2) is 36.3 Å². The summed E-state index contributed by atoms with van der Waals surface area (Å²) >= 11 is 0. The second-order valence-corrected chi connectivity index (χ2v) is 5.97. The van der Waals surface area contributed by atoms with Crippen molar-refractivity contribution in [3.05, 3.63) is 41.5 Å². The van der Waals surface area contributed by atoms with Gasteiger partial charge in [0, 0.05) is 6.08 Å². The maximum atomic E-state index is 12.1. The van der Waals surface area contributed by atoms with E-state index >= 15 is 0 Å². The summed E-state index contributed by atoms with van der Waals surface area (Å²) in [7, 11) is -3.88. The molecule has 1 aliphatic rings. The van der Waals surface area contributed by atoms with Crippen LogP contribution in [0, 0.1) is 0 Å². The zero-order chi connectivity index (χ0) is 14.2. The fourth-order valence-electron chi connectivity index (χ4n) is 1.87. The van der Waals surface area contributed by atoms with Crippen molar-refractivity contribution in [1.82, 2.24) is 4.31 Å². The Morgan fingerprint density at radius 2 is 2.00 bits per heavy atom. The topological polar surface area (TPSA) is 91.8 Å². The number of sulfonamides is 1. The van der Waals surface area contributed by atoms with Gasteiger partial charge in [0.25, 0.3) is 15.9 Å².